The molecule has 3 aromatic rings. The zero-order valence-electron chi connectivity index (χ0n) is 13.1. The van der Waals surface area contributed by atoms with Crippen molar-refractivity contribution in [3.05, 3.63) is 63.7 Å². The predicted octanol–water partition coefficient (Wildman–Crippen LogP) is 2.69. The van der Waals surface area contributed by atoms with Gasteiger partial charge in [-0.1, -0.05) is 18.2 Å². The monoisotopic (exact) mass is 309 g/mol. The molecule has 4 rings (SSSR count). The van der Waals surface area contributed by atoms with Crippen LogP contribution < -0.4 is 10.3 Å². The summed E-state index contributed by atoms with van der Waals surface area (Å²) >= 11 is 0. The maximum absolute atomic E-state index is 12.3. The van der Waals surface area contributed by atoms with Gasteiger partial charge >= 0.3 is 0 Å². The van der Waals surface area contributed by atoms with Gasteiger partial charge in [0.1, 0.15) is 5.75 Å². The van der Waals surface area contributed by atoms with Gasteiger partial charge in [0.05, 0.1) is 7.11 Å². The minimum atomic E-state index is -0.0445. The van der Waals surface area contributed by atoms with Gasteiger partial charge in [-0.3, -0.25) is 9.89 Å². The van der Waals surface area contributed by atoms with Crippen LogP contribution in [0.4, 0.5) is 0 Å². The summed E-state index contributed by atoms with van der Waals surface area (Å²) in [5, 5.41) is 3.17. The lowest BCUT2D eigenvalue weighted by Crippen LogP contribution is -2.16. The maximum atomic E-state index is 12.3. The van der Waals surface area contributed by atoms with Crippen molar-refractivity contribution in [1.29, 1.82) is 0 Å². The van der Waals surface area contributed by atoms with Gasteiger partial charge in [-0.25, -0.2) is 9.50 Å². The highest BCUT2D eigenvalue weighted by atomic mass is 16.5. The van der Waals surface area contributed by atoms with E-state index in [0.717, 1.165) is 41.2 Å². The van der Waals surface area contributed by atoms with E-state index < -0.39 is 0 Å². The minimum Gasteiger partial charge on any atom is -0.496 e. The number of aromatic amines is 1. The SMILES string of the molecule is COc1ccccc1CCc1cc(=O)n2[nH]c(C3CC3)cc2n1. The average molecular weight is 309 g/mol. The van der Waals surface area contributed by atoms with Crippen molar-refractivity contribution in [2.24, 2.45) is 0 Å². The van der Waals surface area contributed by atoms with Crippen molar-refractivity contribution < 1.29 is 4.74 Å². The number of methoxy groups -OCH3 is 1. The number of rotatable bonds is 5. The maximum Gasteiger partial charge on any atom is 0.272 e. The molecule has 0 amide bonds. The molecule has 23 heavy (non-hydrogen) atoms. The van der Waals surface area contributed by atoms with E-state index in [1.807, 2.05) is 30.3 Å². The van der Waals surface area contributed by atoms with Crippen LogP contribution in [-0.4, -0.2) is 21.7 Å². The largest absolute Gasteiger partial charge is 0.496 e. The number of aromatic nitrogens is 3. The molecule has 1 N–H and O–H groups in total. The lowest BCUT2D eigenvalue weighted by atomic mass is 10.1. The highest BCUT2D eigenvalue weighted by Crippen LogP contribution is 2.39. The first-order valence-corrected chi connectivity index (χ1v) is 7.98. The fourth-order valence-electron chi connectivity index (χ4n) is 2.96. The van der Waals surface area contributed by atoms with Gasteiger partial charge in [-0.2, -0.15) is 0 Å². The molecule has 1 saturated carbocycles. The lowest BCUT2D eigenvalue weighted by molar-refractivity contribution is 0.409. The van der Waals surface area contributed by atoms with Crippen molar-refractivity contribution >= 4 is 5.65 Å². The van der Waals surface area contributed by atoms with Crippen LogP contribution in [0.5, 0.6) is 5.75 Å². The predicted molar refractivity (Wildman–Crippen MR) is 88.2 cm³/mol. The van der Waals surface area contributed by atoms with E-state index in [-0.39, 0.29) is 5.56 Å². The Balaban J connectivity index is 1.60. The van der Waals surface area contributed by atoms with E-state index in [1.54, 1.807) is 17.7 Å². The molecule has 2 aromatic heterocycles. The van der Waals surface area contributed by atoms with Gasteiger partial charge in [-0.15, -0.1) is 0 Å². The van der Waals surface area contributed by atoms with E-state index in [0.29, 0.717) is 5.92 Å². The number of para-hydroxylation sites is 1. The Bertz CT molecular complexity index is 906. The van der Waals surface area contributed by atoms with Crippen molar-refractivity contribution in [2.75, 3.05) is 7.11 Å². The third-order valence-corrected chi connectivity index (χ3v) is 4.38. The van der Waals surface area contributed by atoms with Crippen molar-refractivity contribution in [2.45, 2.75) is 31.6 Å². The molecule has 2 heterocycles. The molecule has 0 saturated heterocycles. The summed E-state index contributed by atoms with van der Waals surface area (Å²) in [5.74, 6) is 1.45. The van der Waals surface area contributed by atoms with E-state index in [1.165, 1.54) is 12.8 Å². The molecule has 0 unspecified atom stereocenters. The molecule has 118 valence electrons. The number of benzene rings is 1. The number of fused-ring (bicyclic) bond motifs is 1. The molecule has 1 aliphatic carbocycles. The number of ether oxygens (including phenoxy) is 1. The topological polar surface area (TPSA) is 59.4 Å². The van der Waals surface area contributed by atoms with Crippen LogP contribution in [0.1, 0.15) is 35.7 Å². The molecule has 1 aromatic carbocycles. The first kappa shape index (κ1) is 14.1. The van der Waals surface area contributed by atoms with Crippen molar-refractivity contribution in [1.82, 2.24) is 14.6 Å². The van der Waals surface area contributed by atoms with Crippen LogP contribution in [0.25, 0.3) is 5.65 Å². The Kier molecular flexibility index (Phi) is 3.41. The van der Waals surface area contributed by atoms with E-state index in [9.17, 15) is 4.79 Å². The smallest absolute Gasteiger partial charge is 0.272 e. The molecular weight excluding hydrogens is 290 g/mol. The molecular formula is C18H19N3O2. The highest BCUT2D eigenvalue weighted by Gasteiger charge is 2.25. The Morgan fingerprint density at radius 1 is 1.26 bits per heavy atom. The number of nitrogens with zero attached hydrogens (tertiary/aromatic N) is 2. The zero-order valence-corrected chi connectivity index (χ0v) is 13.1. The second-order valence-corrected chi connectivity index (χ2v) is 6.08. The van der Waals surface area contributed by atoms with Crippen LogP contribution in [0.3, 0.4) is 0 Å². The van der Waals surface area contributed by atoms with E-state index in [4.69, 9.17) is 4.74 Å². The molecule has 0 bridgehead atoms. The highest BCUT2D eigenvalue weighted by molar-refractivity contribution is 5.42. The van der Waals surface area contributed by atoms with Crippen LogP contribution in [-0.2, 0) is 12.8 Å². The molecule has 0 atom stereocenters. The first-order chi connectivity index (χ1) is 11.2. The second-order valence-electron chi connectivity index (χ2n) is 6.08. The number of hydrogen-bond donors (Lipinski definition) is 1. The summed E-state index contributed by atoms with van der Waals surface area (Å²) in [7, 11) is 1.68. The minimum absolute atomic E-state index is 0.0445. The number of aryl methyl sites for hydroxylation is 2. The van der Waals surface area contributed by atoms with Crippen molar-refractivity contribution in [3.8, 4) is 5.75 Å². The van der Waals surface area contributed by atoms with Crippen LogP contribution >= 0.6 is 0 Å². The van der Waals surface area contributed by atoms with Crippen LogP contribution in [0.2, 0.25) is 0 Å². The first-order valence-electron chi connectivity index (χ1n) is 7.98. The summed E-state index contributed by atoms with van der Waals surface area (Å²) < 4.78 is 6.92. The van der Waals surface area contributed by atoms with Crippen LogP contribution in [0.15, 0.2) is 41.2 Å². The van der Waals surface area contributed by atoms with Gasteiger partial charge in [0.25, 0.3) is 5.56 Å². The number of nitrogens with one attached hydrogen (secondary N) is 1. The quantitative estimate of drug-likeness (QED) is 0.788. The van der Waals surface area contributed by atoms with Gasteiger partial charge in [0, 0.05) is 29.4 Å². The summed E-state index contributed by atoms with van der Waals surface area (Å²) in [4.78, 5) is 16.9. The normalized spacial score (nSPS) is 14.3. The van der Waals surface area contributed by atoms with Gasteiger partial charge in [-0.05, 0) is 37.3 Å². The summed E-state index contributed by atoms with van der Waals surface area (Å²) in [6, 6.07) is 11.6. The molecule has 5 nitrogen and oxygen atoms in total. The summed E-state index contributed by atoms with van der Waals surface area (Å²) in [6.45, 7) is 0. The fourth-order valence-corrected chi connectivity index (χ4v) is 2.96. The molecule has 0 radical (unpaired) electrons. The van der Waals surface area contributed by atoms with Crippen LogP contribution in [0, 0.1) is 0 Å². The standard InChI is InChI=1S/C18H19N3O2/c1-23-16-5-3-2-4-13(16)8-9-14-10-18(22)21-17(19-14)11-15(20-21)12-6-7-12/h2-5,10-12,20H,6-9H2,1H3. The summed E-state index contributed by atoms with van der Waals surface area (Å²) in [6.07, 6.45) is 3.91. The summed E-state index contributed by atoms with van der Waals surface area (Å²) in [5.41, 5.74) is 3.75. The Morgan fingerprint density at radius 3 is 2.87 bits per heavy atom. The Hall–Kier alpha value is -2.56. The third kappa shape index (κ3) is 2.74. The second kappa shape index (κ2) is 5.57. The van der Waals surface area contributed by atoms with Gasteiger partial charge < -0.3 is 4.74 Å². The van der Waals surface area contributed by atoms with Gasteiger partial charge in [0.2, 0.25) is 0 Å². The number of H-pyrrole nitrogens is 1. The van der Waals surface area contributed by atoms with E-state index >= 15 is 0 Å². The lowest BCUT2D eigenvalue weighted by Gasteiger charge is -2.07. The third-order valence-electron chi connectivity index (χ3n) is 4.38. The Morgan fingerprint density at radius 2 is 2.09 bits per heavy atom. The Labute approximate surface area is 133 Å². The molecule has 0 aliphatic heterocycles. The van der Waals surface area contributed by atoms with Gasteiger partial charge in [0.15, 0.2) is 5.65 Å². The molecule has 0 spiro atoms. The van der Waals surface area contributed by atoms with Crippen molar-refractivity contribution in [3.63, 3.8) is 0 Å². The molecule has 5 heteroatoms. The zero-order chi connectivity index (χ0) is 15.8. The molecule has 1 fully saturated rings. The number of hydrogen-bond acceptors (Lipinski definition) is 3. The molecule has 1 aliphatic rings. The average Bonchev–Trinajstić information content (AvgIpc) is 3.33. The fraction of sp³-hybridized carbons (Fsp3) is 0.333. The van der Waals surface area contributed by atoms with E-state index in [2.05, 4.69) is 10.1 Å².